The Morgan fingerprint density at radius 3 is 2.73 bits per heavy atom. The first-order valence-electron chi connectivity index (χ1n) is 11.5. The maximum atomic E-state index is 14.7. The lowest BCUT2D eigenvalue weighted by molar-refractivity contribution is 0.0461. The van der Waals surface area contributed by atoms with Gasteiger partial charge < -0.3 is 19.1 Å². The Hall–Kier alpha value is -3.01. The summed E-state index contributed by atoms with van der Waals surface area (Å²) in [6, 6.07) is 5.00. The Bertz CT molecular complexity index is 1140. The molecule has 2 saturated heterocycles. The number of piperidine rings is 1. The summed E-state index contributed by atoms with van der Waals surface area (Å²) in [6.07, 6.45) is 1.59. The second-order valence-electron chi connectivity index (χ2n) is 9.34. The Labute approximate surface area is 191 Å². The Balaban J connectivity index is 1.24. The summed E-state index contributed by atoms with van der Waals surface area (Å²) in [5.41, 5.74) is 1.19. The van der Waals surface area contributed by atoms with Gasteiger partial charge in [0, 0.05) is 36.9 Å². The van der Waals surface area contributed by atoms with Crippen LogP contribution in [0.5, 0.6) is 0 Å². The number of methoxy groups -OCH3 is 1. The fraction of sp³-hybridized carbons (Fsp3) is 0.565. The molecule has 2 fully saturated rings. The predicted octanol–water partition coefficient (Wildman–Crippen LogP) is 3.55. The maximum absolute atomic E-state index is 14.7. The standard InChI is InChI=1S/C23H29FN6O3/c1-14(2)19-17-5-4-6-18(24)20(17)30(26-19)22-25-21(33-27-22)16-7-9-28(10-8-16)11-15-12-29(13-15)23(31)32-3/h4-6,14-16H,7-13H2,1-3H3. The Morgan fingerprint density at radius 1 is 1.27 bits per heavy atom. The molecule has 33 heavy (non-hydrogen) atoms. The number of amides is 1. The molecular formula is C23H29FN6O3. The third-order valence-electron chi connectivity index (χ3n) is 6.69. The minimum atomic E-state index is -0.353. The second-order valence-corrected chi connectivity index (χ2v) is 9.34. The number of para-hydroxylation sites is 1. The van der Waals surface area contributed by atoms with Gasteiger partial charge in [-0.3, -0.25) is 0 Å². The molecule has 0 spiro atoms. The molecule has 9 nitrogen and oxygen atoms in total. The van der Waals surface area contributed by atoms with E-state index in [-0.39, 0.29) is 29.7 Å². The van der Waals surface area contributed by atoms with Crippen LogP contribution in [0.4, 0.5) is 9.18 Å². The molecule has 1 amide bonds. The van der Waals surface area contributed by atoms with Gasteiger partial charge in [-0.2, -0.15) is 14.8 Å². The van der Waals surface area contributed by atoms with Gasteiger partial charge in [0.1, 0.15) is 11.3 Å². The van der Waals surface area contributed by atoms with Crippen LogP contribution in [0, 0.1) is 11.7 Å². The lowest BCUT2D eigenvalue weighted by Crippen LogP contribution is -2.54. The summed E-state index contributed by atoms with van der Waals surface area (Å²) in [4.78, 5) is 20.3. The lowest BCUT2D eigenvalue weighted by Gasteiger charge is -2.41. The van der Waals surface area contributed by atoms with Crippen LogP contribution in [0.15, 0.2) is 22.7 Å². The van der Waals surface area contributed by atoms with Crippen molar-refractivity contribution in [3.63, 3.8) is 0 Å². The highest BCUT2D eigenvalue weighted by atomic mass is 19.1. The fourth-order valence-electron chi connectivity index (χ4n) is 4.89. The zero-order valence-electron chi connectivity index (χ0n) is 19.2. The number of benzene rings is 1. The summed E-state index contributed by atoms with van der Waals surface area (Å²) in [5.74, 6) is 1.30. The largest absolute Gasteiger partial charge is 0.453 e. The van der Waals surface area contributed by atoms with E-state index in [0.29, 0.717) is 17.3 Å². The average molecular weight is 457 g/mol. The second kappa shape index (κ2) is 8.74. The highest BCUT2D eigenvalue weighted by Gasteiger charge is 2.34. The molecule has 2 aliphatic heterocycles. The molecule has 176 valence electrons. The number of fused-ring (bicyclic) bond motifs is 1. The average Bonchev–Trinajstić information content (AvgIpc) is 3.42. The van der Waals surface area contributed by atoms with Crippen LogP contribution >= 0.6 is 0 Å². The van der Waals surface area contributed by atoms with Gasteiger partial charge in [0.25, 0.3) is 5.95 Å². The van der Waals surface area contributed by atoms with Crippen molar-refractivity contribution in [2.75, 3.05) is 39.8 Å². The third-order valence-corrected chi connectivity index (χ3v) is 6.69. The number of likely N-dealkylation sites (tertiary alicyclic amines) is 2. The van der Waals surface area contributed by atoms with E-state index < -0.39 is 0 Å². The van der Waals surface area contributed by atoms with Gasteiger partial charge in [0.2, 0.25) is 5.89 Å². The first kappa shape index (κ1) is 21.8. The van der Waals surface area contributed by atoms with E-state index in [9.17, 15) is 9.18 Å². The van der Waals surface area contributed by atoms with Crippen LogP contribution < -0.4 is 0 Å². The third kappa shape index (κ3) is 4.07. The van der Waals surface area contributed by atoms with Crippen LogP contribution in [0.2, 0.25) is 0 Å². The van der Waals surface area contributed by atoms with Gasteiger partial charge in [-0.15, -0.1) is 0 Å². The number of hydrogen-bond donors (Lipinski definition) is 0. The minimum absolute atomic E-state index is 0.140. The summed E-state index contributed by atoms with van der Waals surface area (Å²) in [5, 5.41) is 9.51. The molecule has 0 N–H and O–H groups in total. The molecule has 3 aromatic rings. The smallest absolute Gasteiger partial charge is 0.409 e. The molecule has 2 aliphatic rings. The first-order valence-corrected chi connectivity index (χ1v) is 11.5. The van der Waals surface area contributed by atoms with Gasteiger partial charge in [-0.1, -0.05) is 26.0 Å². The van der Waals surface area contributed by atoms with E-state index in [0.717, 1.165) is 56.6 Å². The molecule has 2 aromatic heterocycles. The highest BCUT2D eigenvalue weighted by Crippen LogP contribution is 2.31. The van der Waals surface area contributed by atoms with Crippen LogP contribution in [0.3, 0.4) is 0 Å². The Kier molecular flexibility index (Phi) is 5.77. The zero-order chi connectivity index (χ0) is 23.1. The van der Waals surface area contributed by atoms with Crippen LogP contribution in [0.25, 0.3) is 16.9 Å². The number of nitrogens with zero attached hydrogens (tertiary/aromatic N) is 6. The molecular weight excluding hydrogens is 427 g/mol. The molecule has 1 aromatic carbocycles. The Morgan fingerprint density at radius 2 is 2.03 bits per heavy atom. The van der Waals surface area contributed by atoms with Crippen molar-refractivity contribution in [2.45, 2.75) is 38.5 Å². The van der Waals surface area contributed by atoms with E-state index in [1.165, 1.54) is 17.9 Å². The summed E-state index contributed by atoms with van der Waals surface area (Å²) in [7, 11) is 1.41. The van der Waals surface area contributed by atoms with Crippen LogP contribution in [-0.4, -0.2) is 75.6 Å². The summed E-state index contributed by atoms with van der Waals surface area (Å²) < 4.78 is 26.5. The molecule has 5 rings (SSSR count). The molecule has 0 saturated carbocycles. The normalized spacial score (nSPS) is 18.3. The molecule has 0 radical (unpaired) electrons. The van der Waals surface area contributed by atoms with Crippen molar-refractivity contribution < 1.29 is 18.4 Å². The molecule has 0 aliphatic carbocycles. The molecule has 10 heteroatoms. The van der Waals surface area contributed by atoms with E-state index in [2.05, 4.69) is 20.1 Å². The van der Waals surface area contributed by atoms with Crippen molar-refractivity contribution in [2.24, 2.45) is 5.92 Å². The highest BCUT2D eigenvalue weighted by molar-refractivity contribution is 5.84. The predicted molar refractivity (Wildman–Crippen MR) is 119 cm³/mol. The van der Waals surface area contributed by atoms with Crippen molar-refractivity contribution >= 4 is 17.0 Å². The minimum Gasteiger partial charge on any atom is -0.453 e. The summed E-state index contributed by atoms with van der Waals surface area (Å²) >= 11 is 0. The summed E-state index contributed by atoms with van der Waals surface area (Å²) in [6.45, 7) is 8.43. The number of halogens is 1. The SMILES string of the molecule is COC(=O)N1CC(CN2CCC(c3nc(-n4nc(C(C)C)c5cccc(F)c54)no3)CC2)C1. The van der Waals surface area contributed by atoms with Crippen molar-refractivity contribution in [3.05, 3.63) is 35.6 Å². The van der Waals surface area contributed by atoms with Gasteiger partial charge in [-0.25, -0.2) is 9.18 Å². The number of aromatic nitrogens is 4. The number of hydrogen-bond acceptors (Lipinski definition) is 7. The monoisotopic (exact) mass is 456 g/mol. The van der Waals surface area contributed by atoms with E-state index in [1.807, 2.05) is 19.9 Å². The van der Waals surface area contributed by atoms with Crippen LogP contribution in [-0.2, 0) is 4.74 Å². The van der Waals surface area contributed by atoms with E-state index >= 15 is 0 Å². The van der Waals surface area contributed by atoms with E-state index in [4.69, 9.17) is 9.26 Å². The van der Waals surface area contributed by atoms with Gasteiger partial charge in [0.05, 0.1) is 12.8 Å². The number of ether oxygens (including phenoxy) is 1. The van der Waals surface area contributed by atoms with Gasteiger partial charge in [-0.05, 0) is 43.1 Å². The molecule has 0 atom stereocenters. The topological polar surface area (TPSA) is 89.5 Å². The lowest BCUT2D eigenvalue weighted by atomic mass is 9.94. The van der Waals surface area contributed by atoms with Crippen molar-refractivity contribution in [1.82, 2.24) is 29.7 Å². The maximum Gasteiger partial charge on any atom is 0.409 e. The molecule has 0 unspecified atom stereocenters. The van der Waals surface area contributed by atoms with E-state index in [1.54, 1.807) is 11.0 Å². The molecule has 4 heterocycles. The van der Waals surface area contributed by atoms with Crippen molar-refractivity contribution in [3.8, 4) is 5.95 Å². The number of carbonyl (C=O) groups is 1. The van der Waals surface area contributed by atoms with Crippen molar-refractivity contribution in [1.29, 1.82) is 0 Å². The fourth-order valence-corrected chi connectivity index (χ4v) is 4.89. The zero-order valence-corrected chi connectivity index (χ0v) is 19.2. The van der Waals surface area contributed by atoms with Gasteiger partial charge in [0.15, 0.2) is 0 Å². The number of rotatable bonds is 5. The number of carbonyl (C=O) groups excluding carboxylic acids is 1. The van der Waals surface area contributed by atoms with Gasteiger partial charge >= 0.3 is 6.09 Å². The van der Waals surface area contributed by atoms with Crippen LogP contribution in [0.1, 0.15) is 50.1 Å². The quantitative estimate of drug-likeness (QED) is 0.580. The first-order chi connectivity index (χ1) is 15.9. The molecule has 0 bridgehead atoms.